The summed E-state index contributed by atoms with van der Waals surface area (Å²) >= 11 is 0. The summed E-state index contributed by atoms with van der Waals surface area (Å²) in [6, 6.07) is 1.44. The zero-order valence-electron chi connectivity index (χ0n) is 16.9. The highest BCUT2D eigenvalue weighted by atomic mass is 19.3. The minimum atomic E-state index is -2.75. The fourth-order valence-electron chi connectivity index (χ4n) is 3.97. The molecule has 1 saturated heterocycles. The van der Waals surface area contributed by atoms with Crippen LogP contribution in [0.4, 0.5) is 8.78 Å². The number of alkyl halides is 2. The number of hydrogen-bond acceptors (Lipinski definition) is 5. The van der Waals surface area contributed by atoms with Crippen molar-refractivity contribution in [3.63, 3.8) is 0 Å². The summed E-state index contributed by atoms with van der Waals surface area (Å²) in [7, 11) is 0. The Morgan fingerprint density at radius 3 is 2.94 bits per heavy atom. The Hall–Kier alpha value is -3.54. The number of rotatable bonds is 2. The van der Waals surface area contributed by atoms with Crippen LogP contribution in [0.15, 0.2) is 37.1 Å². The molecule has 5 rings (SSSR count). The van der Waals surface area contributed by atoms with E-state index in [1.807, 2.05) is 0 Å². The number of halogens is 2. The number of ether oxygens (including phenoxy) is 1. The van der Waals surface area contributed by atoms with E-state index in [4.69, 9.17) is 4.74 Å². The normalized spacial score (nSPS) is 19.7. The Labute approximate surface area is 177 Å². The van der Waals surface area contributed by atoms with Crippen LogP contribution in [0, 0.1) is 17.3 Å². The first-order valence-corrected chi connectivity index (χ1v) is 9.90. The van der Waals surface area contributed by atoms with E-state index in [1.165, 1.54) is 18.7 Å². The molecule has 0 aliphatic carbocycles. The predicted molar refractivity (Wildman–Crippen MR) is 106 cm³/mol. The number of carbonyl (C=O) groups excluding carboxylic acids is 1. The van der Waals surface area contributed by atoms with Crippen molar-refractivity contribution in [2.45, 2.75) is 38.8 Å². The fourth-order valence-corrected chi connectivity index (χ4v) is 3.97. The summed E-state index contributed by atoms with van der Waals surface area (Å²) in [4.78, 5) is 22.9. The van der Waals surface area contributed by atoms with Gasteiger partial charge in [-0.3, -0.25) is 9.78 Å². The van der Waals surface area contributed by atoms with Crippen molar-refractivity contribution in [2.75, 3.05) is 6.54 Å². The van der Waals surface area contributed by atoms with Crippen molar-refractivity contribution in [2.24, 2.45) is 5.41 Å². The number of nitrogens with zero attached hydrogens (tertiary/aromatic N) is 5. The SMILES string of the molecule is CC(C)(C(=O)N1C[C@@H]2C[C@H]1c1cncc(C#Cc3cnc4ccnn4c3)c1O2)C(F)F. The Kier molecular flexibility index (Phi) is 4.39. The summed E-state index contributed by atoms with van der Waals surface area (Å²) in [5, 5.41) is 4.15. The van der Waals surface area contributed by atoms with E-state index < -0.39 is 17.7 Å². The average Bonchev–Trinajstić information content (AvgIpc) is 3.36. The van der Waals surface area contributed by atoms with E-state index in [-0.39, 0.29) is 18.7 Å². The van der Waals surface area contributed by atoms with Gasteiger partial charge in [-0.1, -0.05) is 11.8 Å². The standard InChI is InChI=1S/C22H19F2N5O2/c1-22(2,20(23)24)21(30)28-12-15-7-17(28)16-10-25-9-14(19(16)31-15)4-3-13-8-26-18-5-6-27-29(18)11-13/h5-6,8-11,15,17,20H,7,12H2,1-2H3/t15-,17-/m0/s1. The molecule has 9 heteroatoms. The summed E-state index contributed by atoms with van der Waals surface area (Å²) in [5.41, 5.74) is 0.902. The number of aromatic nitrogens is 4. The first-order valence-electron chi connectivity index (χ1n) is 9.90. The third-order valence-electron chi connectivity index (χ3n) is 5.78. The van der Waals surface area contributed by atoms with Gasteiger partial charge in [-0.15, -0.1) is 0 Å². The molecule has 7 nitrogen and oxygen atoms in total. The lowest BCUT2D eigenvalue weighted by Gasteiger charge is -2.32. The second kappa shape index (κ2) is 7.01. The molecule has 31 heavy (non-hydrogen) atoms. The largest absolute Gasteiger partial charge is 0.487 e. The van der Waals surface area contributed by atoms with Crippen LogP contribution in [0.3, 0.4) is 0 Å². The van der Waals surface area contributed by atoms with E-state index in [0.29, 0.717) is 28.9 Å². The topological polar surface area (TPSA) is 72.6 Å². The molecule has 3 aromatic heterocycles. The molecule has 158 valence electrons. The highest BCUT2D eigenvalue weighted by Gasteiger charge is 2.49. The first-order chi connectivity index (χ1) is 14.8. The number of likely N-dealkylation sites (tertiary alicyclic amines) is 1. The molecule has 3 aromatic rings. The lowest BCUT2D eigenvalue weighted by Crippen LogP contribution is -2.44. The van der Waals surface area contributed by atoms with Gasteiger partial charge in [0.1, 0.15) is 17.3 Å². The molecular formula is C22H19F2N5O2. The maximum absolute atomic E-state index is 13.4. The Morgan fingerprint density at radius 2 is 2.13 bits per heavy atom. The van der Waals surface area contributed by atoms with Gasteiger partial charge in [0.05, 0.1) is 29.9 Å². The van der Waals surface area contributed by atoms with Crippen molar-refractivity contribution in [3.05, 3.63) is 53.7 Å². The molecule has 0 aromatic carbocycles. The molecule has 1 amide bonds. The van der Waals surface area contributed by atoms with Gasteiger partial charge in [0.2, 0.25) is 5.91 Å². The van der Waals surface area contributed by atoms with Gasteiger partial charge >= 0.3 is 0 Å². The monoisotopic (exact) mass is 423 g/mol. The van der Waals surface area contributed by atoms with Crippen molar-refractivity contribution in [1.82, 2.24) is 24.5 Å². The smallest absolute Gasteiger partial charge is 0.252 e. The summed E-state index contributed by atoms with van der Waals surface area (Å²) in [6.45, 7) is 2.81. The molecule has 1 fully saturated rings. The lowest BCUT2D eigenvalue weighted by molar-refractivity contribution is -0.149. The summed E-state index contributed by atoms with van der Waals surface area (Å²) < 4.78 is 34.6. The fraction of sp³-hybridized carbons (Fsp3) is 0.364. The van der Waals surface area contributed by atoms with Crippen LogP contribution in [0.5, 0.6) is 5.75 Å². The zero-order valence-corrected chi connectivity index (χ0v) is 16.9. The van der Waals surface area contributed by atoms with Crippen LogP contribution in [0.25, 0.3) is 5.65 Å². The van der Waals surface area contributed by atoms with Gasteiger partial charge in [-0.2, -0.15) is 5.10 Å². The van der Waals surface area contributed by atoms with Crippen molar-refractivity contribution in [1.29, 1.82) is 0 Å². The van der Waals surface area contributed by atoms with Crippen molar-refractivity contribution in [3.8, 4) is 17.6 Å². The molecule has 0 radical (unpaired) electrons. The quantitative estimate of drug-likeness (QED) is 0.593. The van der Waals surface area contributed by atoms with Crippen LogP contribution >= 0.6 is 0 Å². The van der Waals surface area contributed by atoms with Gasteiger partial charge in [0, 0.05) is 42.8 Å². The summed E-state index contributed by atoms with van der Waals surface area (Å²) in [6.07, 6.45) is 5.85. The third kappa shape index (κ3) is 3.19. The number of carbonyl (C=O) groups is 1. The first kappa shape index (κ1) is 19.4. The maximum Gasteiger partial charge on any atom is 0.252 e. The molecule has 2 aliphatic rings. The molecule has 0 unspecified atom stereocenters. The molecule has 2 atom stereocenters. The Morgan fingerprint density at radius 1 is 1.29 bits per heavy atom. The minimum Gasteiger partial charge on any atom is -0.487 e. The van der Waals surface area contributed by atoms with Crippen LogP contribution < -0.4 is 4.74 Å². The molecule has 0 N–H and O–H groups in total. The van der Waals surface area contributed by atoms with Crippen LogP contribution in [0.2, 0.25) is 0 Å². The van der Waals surface area contributed by atoms with Crippen LogP contribution in [-0.4, -0.2) is 49.5 Å². The number of fused-ring (bicyclic) bond motifs is 5. The second-order valence-electron chi connectivity index (χ2n) is 8.30. The van der Waals surface area contributed by atoms with E-state index in [9.17, 15) is 13.6 Å². The number of hydrogen-bond donors (Lipinski definition) is 0. The molecule has 5 heterocycles. The molecular weight excluding hydrogens is 404 g/mol. The van der Waals surface area contributed by atoms with E-state index in [0.717, 1.165) is 5.65 Å². The van der Waals surface area contributed by atoms with Gasteiger partial charge in [0.15, 0.2) is 5.65 Å². The minimum absolute atomic E-state index is 0.264. The van der Waals surface area contributed by atoms with Gasteiger partial charge in [0.25, 0.3) is 6.43 Å². The van der Waals surface area contributed by atoms with E-state index in [2.05, 4.69) is 26.9 Å². The number of pyridine rings is 1. The van der Waals surface area contributed by atoms with E-state index >= 15 is 0 Å². The highest BCUT2D eigenvalue weighted by molar-refractivity contribution is 5.83. The van der Waals surface area contributed by atoms with E-state index in [1.54, 1.807) is 41.6 Å². The third-order valence-corrected chi connectivity index (χ3v) is 5.78. The second-order valence-corrected chi connectivity index (χ2v) is 8.30. The summed E-state index contributed by atoms with van der Waals surface area (Å²) in [5.74, 6) is 6.08. The Balaban J connectivity index is 1.48. The average molecular weight is 423 g/mol. The Bertz CT molecular complexity index is 1240. The zero-order chi connectivity index (χ0) is 21.8. The molecule has 0 saturated carbocycles. The predicted octanol–water partition coefficient (Wildman–Crippen LogP) is 2.85. The van der Waals surface area contributed by atoms with Gasteiger partial charge < -0.3 is 9.64 Å². The van der Waals surface area contributed by atoms with Gasteiger partial charge in [-0.05, 0) is 13.8 Å². The highest BCUT2D eigenvalue weighted by Crippen LogP contribution is 2.46. The van der Waals surface area contributed by atoms with Gasteiger partial charge in [-0.25, -0.2) is 18.3 Å². The molecule has 2 aliphatic heterocycles. The molecule has 0 spiro atoms. The van der Waals surface area contributed by atoms with Crippen molar-refractivity contribution >= 4 is 11.6 Å². The molecule has 2 bridgehead atoms. The van der Waals surface area contributed by atoms with Crippen molar-refractivity contribution < 1.29 is 18.3 Å². The lowest BCUT2D eigenvalue weighted by atomic mass is 9.91. The maximum atomic E-state index is 13.4. The van der Waals surface area contributed by atoms with Crippen LogP contribution in [0.1, 0.15) is 43.0 Å². The van der Waals surface area contributed by atoms with Crippen LogP contribution in [-0.2, 0) is 4.79 Å². The number of amides is 1.